The molecular weight excluding hydrogens is 252 g/mol. The summed E-state index contributed by atoms with van der Waals surface area (Å²) in [6.07, 6.45) is 0. The summed E-state index contributed by atoms with van der Waals surface area (Å²) < 4.78 is 4.96. The van der Waals surface area contributed by atoms with Crippen LogP contribution in [0.25, 0.3) is 0 Å². The summed E-state index contributed by atoms with van der Waals surface area (Å²) in [6.45, 7) is 0.424. The molecule has 0 aliphatic carbocycles. The average Bonchev–Trinajstić information content (AvgIpc) is 2.51. The van der Waals surface area contributed by atoms with Crippen LogP contribution in [0.4, 0.5) is 5.69 Å². The number of nitroso groups, excluding NO2 is 1. The van der Waals surface area contributed by atoms with Gasteiger partial charge in [-0.15, -0.1) is 9.74 Å². The molecule has 1 unspecified atom stereocenters. The zero-order chi connectivity index (χ0) is 13.5. The summed E-state index contributed by atoms with van der Waals surface area (Å²) >= 11 is 0. The number of hydrogen-bond acceptors (Lipinski definition) is 5. The molecule has 1 fully saturated rings. The lowest BCUT2D eigenvalue weighted by Gasteiger charge is -2.33. The normalized spacial score (nSPS) is 25.5. The number of benzene rings is 1. The Morgan fingerprint density at radius 3 is 2.95 bits per heavy atom. The topological polar surface area (TPSA) is 80.2 Å². The Morgan fingerprint density at radius 1 is 1.47 bits per heavy atom. The van der Waals surface area contributed by atoms with Gasteiger partial charge < -0.3 is 10.1 Å². The van der Waals surface area contributed by atoms with E-state index in [1.807, 2.05) is 12.1 Å². The molecule has 1 saturated heterocycles. The molecule has 1 N–H and O–H groups in total. The second-order valence-corrected chi connectivity index (χ2v) is 4.45. The van der Waals surface area contributed by atoms with E-state index in [0.29, 0.717) is 12.3 Å². The lowest BCUT2D eigenvalue weighted by Crippen LogP contribution is -2.56. The number of hydrogen-bond donors (Lipinski definition) is 1. The van der Waals surface area contributed by atoms with Gasteiger partial charge in [-0.25, -0.2) is 0 Å². The minimum absolute atomic E-state index is 0.000699. The van der Waals surface area contributed by atoms with E-state index in [-0.39, 0.29) is 23.9 Å². The predicted molar refractivity (Wildman–Crippen MR) is 65.1 cm³/mol. The van der Waals surface area contributed by atoms with Crippen LogP contribution in [0.1, 0.15) is 5.56 Å². The highest BCUT2D eigenvalue weighted by Gasteiger charge is 2.41. The SMILES string of the molecule is C[N+]1(c2ccc3c(c2)OC3)OCNC(=O)CN1N=O. The van der Waals surface area contributed by atoms with Gasteiger partial charge in [0.05, 0.1) is 0 Å². The molecule has 2 aliphatic heterocycles. The first kappa shape index (κ1) is 11.9. The van der Waals surface area contributed by atoms with E-state index < -0.39 is 0 Å². The first-order valence-electron chi connectivity index (χ1n) is 5.79. The van der Waals surface area contributed by atoms with Gasteiger partial charge in [0.2, 0.25) is 5.91 Å². The molecule has 1 amide bonds. The van der Waals surface area contributed by atoms with Crippen LogP contribution >= 0.6 is 0 Å². The van der Waals surface area contributed by atoms with E-state index in [1.165, 1.54) is 0 Å². The van der Waals surface area contributed by atoms with E-state index in [2.05, 4.69) is 10.6 Å². The number of carbonyl (C=O) groups is 1. The monoisotopic (exact) mass is 265 g/mol. The van der Waals surface area contributed by atoms with Crippen molar-refractivity contribution in [1.29, 1.82) is 0 Å². The Balaban J connectivity index is 2.00. The number of amides is 1. The number of quaternary nitrogens is 1. The van der Waals surface area contributed by atoms with Crippen LogP contribution in [0, 0.1) is 4.91 Å². The maximum atomic E-state index is 11.4. The molecule has 3 rings (SSSR count). The van der Waals surface area contributed by atoms with Gasteiger partial charge in [0.1, 0.15) is 24.7 Å². The molecule has 8 nitrogen and oxygen atoms in total. The largest absolute Gasteiger partial charge is 0.488 e. The number of fused-ring (bicyclic) bond motifs is 1. The average molecular weight is 265 g/mol. The van der Waals surface area contributed by atoms with Gasteiger partial charge >= 0.3 is 0 Å². The van der Waals surface area contributed by atoms with Crippen LogP contribution in [0.15, 0.2) is 23.5 Å². The molecule has 0 bridgehead atoms. The van der Waals surface area contributed by atoms with E-state index in [9.17, 15) is 9.70 Å². The van der Waals surface area contributed by atoms with Crippen LogP contribution in [-0.4, -0.2) is 31.3 Å². The fraction of sp³-hybridized carbons (Fsp3) is 0.364. The van der Waals surface area contributed by atoms with Gasteiger partial charge in [-0.2, -0.15) is 0 Å². The van der Waals surface area contributed by atoms with Crippen molar-refractivity contribution in [2.45, 2.75) is 6.61 Å². The smallest absolute Gasteiger partial charge is 0.249 e. The van der Waals surface area contributed by atoms with Crippen molar-refractivity contribution in [1.82, 2.24) is 15.2 Å². The number of hydroxylamine groups is 1. The molecule has 19 heavy (non-hydrogen) atoms. The quantitative estimate of drug-likeness (QED) is 0.619. The van der Waals surface area contributed by atoms with Gasteiger partial charge in [-0.05, 0) is 10.8 Å². The number of nitrogens with one attached hydrogen (secondary N) is 1. The van der Waals surface area contributed by atoms with Crippen molar-refractivity contribution >= 4 is 11.6 Å². The molecular formula is C11H13N4O4+. The van der Waals surface area contributed by atoms with Crippen molar-refractivity contribution in [3.63, 3.8) is 0 Å². The van der Waals surface area contributed by atoms with E-state index in [0.717, 1.165) is 16.4 Å². The predicted octanol–water partition coefficient (Wildman–Crippen LogP) is 0.433. The summed E-state index contributed by atoms with van der Waals surface area (Å²) in [7, 11) is 1.64. The minimum Gasteiger partial charge on any atom is -0.488 e. The standard InChI is InChI=1S/C11H12N4O4/c1-15(9-3-2-8-6-18-10(8)4-9)14(13-17)5-11(16)12-7-19-15/h2-4H,5-7H2,1H3/p+1. The number of rotatable bonds is 2. The summed E-state index contributed by atoms with van der Waals surface area (Å²) in [5.74, 6) is 0.441. The first-order valence-corrected chi connectivity index (χ1v) is 5.79. The summed E-state index contributed by atoms with van der Waals surface area (Å²) in [5.41, 5.74) is 1.76. The highest BCUT2D eigenvalue weighted by Crippen LogP contribution is 2.36. The first-order chi connectivity index (χ1) is 9.13. The third-order valence-corrected chi connectivity index (χ3v) is 3.32. The zero-order valence-corrected chi connectivity index (χ0v) is 10.3. The highest BCUT2D eigenvalue weighted by atomic mass is 16.8. The Hall–Kier alpha value is -2.19. The lowest BCUT2D eigenvalue weighted by molar-refractivity contribution is -0.247. The van der Waals surface area contributed by atoms with Crippen LogP contribution in [-0.2, 0) is 16.2 Å². The van der Waals surface area contributed by atoms with Crippen molar-refractivity contribution in [3.8, 4) is 5.75 Å². The van der Waals surface area contributed by atoms with Crippen LogP contribution in [0.3, 0.4) is 0 Å². The summed E-state index contributed by atoms with van der Waals surface area (Å²) in [5, 5.41) is 6.44. The third kappa shape index (κ3) is 1.81. The second kappa shape index (κ2) is 4.18. The fourth-order valence-corrected chi connectivity index (χ4v) is 2.06. The molecule has 100 valence electrons. The van der Waals surface area contributed by atoms with Gasteiger partial charge in [0.15, 0.2) is 19.0 Å². The molecule has 1 aromatic rings. The summed E-state index contributed by atoms with van der Waals surface area (Å²) in [4.78, 5) is 28.0. The fourth-order valence-electron chi connectivity index (χ4n) is 2.06. The highest BCUT2D eigenvalue weighted by molar-refractivity contribution is 5.78. The Morgan fingerprint density at radius 2 is 2.32 bits per heavy atom. The molecule has 8 heteroatoms. The van der Waals surface area contributed by atoms with Gasteiger partial charge in [0, 0.05) is 17.7 Å². The second-order valence-electron chi connectivity index (χ2n) is 4.45. The Bertz CT molecular complexity index is 549. The summed E-state index contributed by atoms with van der Waals surface area (Å²) in [6, 6.07) is 5.52. The number of ether oxygens (including phenoxy) is 1. The lowest BCUT2D eigenvalue weighted by atomic mass is 10.1. The maximum Gasteiger partial charge on any atom is 0.249 e. The molecule has 0 radical (unpaired) electrons. The van der Waals surface area contributed by atoms with E-state index in [1.54, 1.807) is 13.1 Å². The van der Waals surface area contributed by atoms with E-state index >= 15 is 0 Å². The van der Waals surface area contributed by atoms with Gasteiger partial charge in [-0.3, -0.25) is 4.79 Å². The molecule has 1 atom stereocenters. The molecule has 1 aromatic carbocycles. The van der Waals surface area contributed by atoms with Crippen LogP contribution in [0.5, 0.6) is 5.75 Å². The molecule has 0 saturated carbocycles. The van der Waals surface area contributed by atoms with E-state index in [4.69, 9.17) is 9.57 Å². The van der Waals surface area contributed by atoms with Crippen molar-refractivity contribution in [2.24, 2.45) is 5.29 Å². The minimum atomic E-state index is -0.334. The van der Waals surface area contributed by atoms with Crippen molar-refractivity contribution in [2.75, 3.05) is 20.3 Å². The zero-order valence-electron chi connectivity index (χ0n) is 10.3. The Kier molecular flexibility index (Phi) is 2.61. The van der Waals surface area contributed by atoms with Crippen molar-refractivity contribution < 1.29 is 14.4 Å². The van der Waals surface area contributed by atoms with Crippen LogP contribution in [0.2, 0.25) is 0 Å². The third-order valence-electron chi connectivity index (χ3n) is 3.32. The molecule has 0 aromatic heterocycles. The molecule has 0 spiro atoms. The van der Waals surface area contributed by atoms with Crippen LogP contribution < -0.4 is 14.8 Å². The molecule has 2 aliphatic rings. The molecule has 2 heterocycles. The van der Waals surface area contributed by atoms with Gasteiger partial charge in [0.25, 0.3) is 0 Å². The number of carbonyl (C=O) groups excluding carboxylic acids is 1. The van der Waals surface area contributed by atoms with Gasteiger partial charge in [-0.1, -0.05) is 5.12 Å². The van der Waals surface area contributed by atoms with Crippen molar-refractivity contribution in [3.05, 3.63) is 28.7 Å². The Labute approximate surface area is 109 Å². The maximum absolute atomic E-state index is 11.4. The number of nitrogens with zero attached hydrogens (tertiary/aromatic N) is 3.